The lowest BCUT2D eigenvalue weighted by Gasteiger charge is -2.31. The van der Waals surface area contributed by atoms with Gasteiger partial charge in [-0.2, -0.15) is 0 Å². The van der Waals surface area contributed by atoms with Crippen molar-refractivity contribution in [3.05, 3.63) is 33.8 Å². The second-order valence-electron chi connectivity index (χ2n) is 7.14. The first-order chi connectivity index (χ1) is 11.6. The van der Waals surface area contributed by atoms with Crippen LogP contribution in [0.3, 0.4) is 0 Å². The molecule has 1 unspecified atom stereocenters. The third-order valence-electron chi connectivity index (χ3n) is 3.57. The van der Waals surface area contributed by atoms with E-state index in [1.54, 1.807) is 17.0 Å². The minimum Gasteiger partial charge on any atom is -0.444 e. The first-order valence-corrected chi connectivity index (χ1v) is 9.10. The van der Waals surface area contributed by atoms with Gasteiger partial charge in [-0.1, -0.05) is 15.9 Å². The number of amides is 2. The molecular formula is C18H25BrN2O4. The van der Waals surface area contributed by atoms with Crippen LogP contribution in [0.5, 0.6) is 0 Å². The molecule has 1 aliphatic heterocycles. The standard InChI is InChI=1S/C18H25BrN2O4/c1-12-11-21(5-6-24-12)16(22)14-7-13(8-15(19)9-14)10-20-17(23)25-18(2,3)4/h7-9,12H,5-6,10-11H2,1-4H3,(H,20,23). The van der Waals surface area contributed by atoms with Crippen molar-refractivity contribution in [1.82, 2.24) is 10.2 Å². The Labute approximate surface area is 157 Å². The van der Waals surface area contributed by atoms with Gasteiger partial charge in [-0.05, 0) is 51.5 Å². The summed E-state index contributed by atoms with van der Waals surface area (Å²) in [7, 11) is 0. The molecule has 0 aliphatic carbocycles. The molecule has 1 fully saturated rings. The third-order valence-corrected chi connectivity index (χ3v) is 4.03. The molecule has 0 spiro atoms. The Balaban J connectivity index is 2.04. The maximum Gasteiger partial charge on any atom is 0.407 e. The number of alkyl carbamates (subject to hydrolysis) is 1. The topological polar surface area (TPSA) is 67.9 Å². The van der Waals surface area contributed by atoms with Gasteiger partial charge in [-0.15, -0.1) is 0 Å². The minimum atomic E-state index is -0.546. The molecule has 0 bridgehead atoms. The minimum absolute atomic E-state index is 0.0324. The van der Waals surface area contributed by atoms with Gasteiger partial charge in [0.2, 0.25) is 0 Å². The highest BCUT2D eigenvalue weighted by atomic mass is 79.9. The number of carbonyl (C=O) groups excluding carboxylic acids is 2. The molecule has 138 valence electrons. The number of hydrogen-bond acceptors (Lipinski definition) is 4. The number of benzene rings is 1. The third kappa shape index (κ3) is 6.32. The summed E-state index contributed by atoms with van der Waals surface area (Å²) in [5.74, 6) is -0.0324. The number of carbonyl (C=O) groups is 2. The summed E-state index contributed by atoms with van der Waals surface area (Å²) in [4.78, 5) is 26.3. The van der Waals surface area contributed by atoms with E-state index in [4.69, 9.17) is 9.47 Å². The predicted molar refractivity (Wildman–Crippen MR) is 98.5 cm³/mol. The Morgan fingerprint density at radius 3 is 2.72 bits per heavy atom. The molecule has 1 heterocycles. The normalized spacial score (nSPS) is 18.0. The Morgan fingerprint density at radius 2 is 2.08 bits per heavy atom. The van der Waals surface area contributed by atoms with Crippen LogP contribution in [0, 0.1) is 0 Å². The van der Waals surface area contributed by atoms with Gasteiger partial charge < -0.3 is 19.7 Å². The van der Waals surface area contributed by atoms with Crippen LogP contribution in [0.15, 0.2) is 22.7 Å². The van der Waals surface area contributed by atoms with Crippen LogP contribution >= 0.6 is 15.9 Å². The molecule has 1 aromatic rings. The molecule has 1 aliphatic rings. The van der Waals surface area contributed by atoms with Crippen molar-refractivity contribution in [1.29, 1.82) is 0 Å². The Morgan fingerprint density at radius 1 is 1.36 bits per heavy atom. The van der Waals surface area contributed by atoms with E-state index in [2.05, 4.69) is 21.2 Å². The SMILES string of the molecule is CC1CN(C(=O)c2cc(Br)cc(CNC(=O)OC(C)(C)C)c2)CCO1. The summed E-state index contributed by atoms with van der Waals surface area (Å²) >= 11 is 3.43. The molecule has 0 radical (unpaired) electrons. The van der Waals surface area contributed by atoms with E-state index in [1.807, 2.05) is 33.8 Å². The fourth-order valence-electron chi connectivity index (χ4n) is 2.55. The largest absolute Gasteiger partial charge is 0.444 e. The van der Waals surface area contributed by atoms with Crippen LogP contribution in [-0.2, 0) is 16.0 Å². The number of morpholine rings is 1. The zero-order valence-corrected chi connectivity index (χ0v) is 16.7. The van der Waals surface area contributed by atoms with Crippen molar-refractivity contribution in [2.75, 3.05) is 19.7 Å². The molecule has 7 heteroatoms. The molecular weight excluding hydrogens is 388 g/mol. The van der Waals surface area contributed by atoms with E-state index >= 15 is 0 Å². The molecule has 2 rings (SSSR count). The summed E-state index contributed by atoms with van der Waals surface area (Å²) < 4.78 is 11.5. The van der Waals surface area contributed by atoms with Gasteiger partial charge in [-0.25, -0.2) is 4.79 Å². The van der Waals surface area contributed by atoms with Gasteiger partial charge in [0.15, 0.2) is 0 Å². The second-order valence-corrected chi connectivity index (χ2v) is 8.05. The zero-order chi connectivity index (χ0) is 18.6. The first kappa shape index (κ1) is 19.7. The van der Waals surface area contributed by atoms with E-state index in [1.165, 1.54) is 0 Å². The van der Waals surface area contributed by atoms with Crippen molar-refractivity contribution < 1.29 is 19.1 Å². The van der Waals surface area contributed by atoms with Gasteiger partial charge in [0.05, 0.1) is 12.7 Å². The molecule has 25 heavy (non-hydrogen) atoms. The maximum atomic E-state index is 12.7. The van der Waals surface area contributed by atoms with Crippen molar-refractivity contribution in [2.45, 2.75) is 45.9 Å². The van der Waals surface area contributed by atoms with Gasteiger partial charge in [-0.3, -0.25) is 4.79 Å². The highest BCUT2D eigenvalue weighted by Gasteiger charge is 2.23. The molecule has 1 saturated heterocycles. The first-order valence-electron chi connectivity index (χ1n) is 8.31. The van der Waals surface area contributed by atoms with Crippen molar-refractivity contribution in [2.24, 2.45) is 0 Å². The van der Waals surface area contributed by atoms with Crippen molar-refractivity contribution >= 4 is 27.9 Å². The average molecular weight is 413 g/mol. The number of nitrogens with one attached hydrogen (secondary N) is 1. The van der Waals surface area contributed by atoms with E-state index < -0.39 is 11.7 Å². The summed E-state index contributed by atoms with van der Waals surface area (Å²) in [6.07, 6.45) is -0.444. The Hall–Kier alpha value is -1.60. The number of hydrogen-bond donors (Lipinski definition) is 1. The predicted octanol–water partition coefficient (Wildman–Crippen LogP) is 3.33. The maximum absolute atomic E-state index is 12.7. The molecule has 1 aromatic carbocycles. The fraction of sp³-hybridized carbons (Fsp3) is 0.556. The molecule has 2 amide bonds. The monoisotopic (exact) mass is 412 g/mol. The van der Waals surface area contributed by atoms with Crippen molar-refractivity contribution in [3.63, 3.8) is 0 Å². The van der Waals surface area contributed by atoms with E-state index in [9.17, 15) is 9.59 Å². The van der Waals surface area contributed by atoms with Gasteiger partial charge in [0, 0.05) is 29.7 Å². The van der Waals surface area contributed by atoms with Crippen LogP contribution in [0.4, 0.5) is 4.79 Å². The van der Waals surface area contributed by atoms with Crippen LogP contribution in [-0.4, -0.2) is 48.3 Å². The molecule has 6 nitrogen and oxygen atoms in total. The lowest BCUT2D eigenvalue weighted by atomic mass is 10.1. The molecule has 0 saturated carbocycles. The summed E-state index contributed by atoms with van der Waals surface area (Å²) in [6, 6.07) is 5.46. The van der Waals surface area contributed by atoms with Gasteiger partial charge >= 0.3 is 6.09 Å². The number of ether oxygens (including phenoxy) is 2. The Kier molecular flexibility index (Phi) is 6.46. The van der Waals surface area contributed by atoms with E-state index in [0.29, 0.717) is 25.3 Å². The molecule has 0 aromatic heterocycles. The summed E-state index contributed by atoms with van der Waals surface area (Å²) in [5.41, 5.74) is 0.865. The van der Waals surface area contributed by atoms with Crippen LogP contribution in [0.25, 0.3) is 0 Å². The van der Waals surface area contributed by atoms with Crippen LogP contribution in [0.1, 0.15) is 43.6 Å². The quantitative estimate of drug-likeness (QED) is 0.826. The number of rotatable bonds is 3. The average Bonchev–Trinajstić information content (AvgIpc) is 2.50. The fourth-order valence-corrected chi connectivity index (χ4v) is 3.09. The lowest BCUT2D eigenvalue weighted by molar-refractivity contribution is -0.0124. The molecule has 1 atom stereocenters. The smallest absolute Gasteiger partial charge is 0.407 e. The van der Waals surface area contributed by atoms with Crippen LogP contribution in [0.2, 0.25) is 0 Å². The van der Waals surface area contributed by atoms with Crippen molar-refractivity contribution in [3.8, 4) is 0 Å². The summed E-state index contributed by atoms with van der Waals surface area (Å²) in [6.45, 7) is 9.39. The lowest BCUT2D eigenvalue weighted by Crippen LogP contribution is -2.44. The Bertz CT molecular complexity index is 642. The number of halogens is 1. The number of nitrogens with zero attached hydrogens (tertiary/aromatic N) is 1. The van der Waals surface area contributed by atoms with E-state index in [0.717, 1.165) is 10.0 Å². The van der Waals surface area contributed by atoms with Crippen LogP contribution < -0.4 is 5.32 Å². The van der Waals surface area contributed by atoms with Gasteiger partial charge in [0.25, 0.3) is 5.91 Å². The highest BCUT2D eigenvalue weighted by Crippen LogP contribution is 2.19. The van der Waals surface area contributed by atoms with Gasteiger partial charge in [0.1, 0.15) is 5.60 Å². The second kappa shape index (κ2) is 8.19. The van der Waals surface area contributed by atoms with E-state index in [-0.39, 0.29) is 18.6 Å². The molecule has 1 N–H and O–H groups in total. The zero-order valence-electron chi connectivity index (χ0n) is 15.1. The highest BCUT2D eigenvalue weighted by molar-refractivity contribution is 9.10. The summed E-state index contributed by atoms with van der Waals surface area (Å²) in [5, 5.41) is 2.71.